The number of aliphatic hydroxyl groups is 1. The Balaban J connectivity index is 2.00. The van der Waals surface area contributed by atoms with Gasteiger partial charge in [0, 0.05) is 11.6 Å². The predicted molar refractivity (Wildman–Crippen MR) is 76.0 cm³/mol. The lowest BCUT2D eigenvalue weighted by atomic mass is 10.1. The van der Waals surface area contributed by atoms with Crippen molar-refractivity contribution in [2.45, 2.75) is 13.0 Å². The Labute approximate surface area is 116 Å². The first-order chi connectivity index (χ1) is 9.06. The van der Waals surface area contributed by atoms with Crippen LogP contribution in [0.4, 0.5) is 10.1 Å². The van der Waals surface area contributed by atoms with Crippen molar-refractivity contribution in [3.05, 3.63) is 64.4 Å². The van der Waals surface area contributed by atoms with Crippen LogP contribution in [0.1, 0.15) is 17.2 Å². The van der Waals surface area contributed by atoms with E-state index < -0.39 is 6.10 Å². The third-order valence-electron chi connectivity index (χ3n) is 2.87. The summed E-state index contributed by atoms with van der Waals surface area (Å²) in [4.78, 5) is 0. The molecule has 2 aromatic carbocycles. The van der Waals surface area contributed by atoms with E-state index in [9.17, 15) is 9.50 Å². The summed E-state index contributed by atoms with van der Waals surface area (Å²) >= 11 is 5.78. The molecule has 2 rings (SSSR count). The highest BCUT2D eigenvalue weighted by molar-refractivity contribution is 6.30. The fourth-order valence-corrected chi connectivity index (χ4v) is 1.90. The number of aryl methyl sites for hydroxylation is 1. The molecule has 2 N–H and O–H groups in total. The molecule has 0 heterocycles. The number of anilines is 1. The smallest absolute Gasteiger partial charge is 0.146 e. The van der Waals surface area contributed by atoms with E-state index in [4.69, 9.17) is 11.6 Å². The van der Waals surface area contributed by atoms with Crippen molar-refractivity contribution < 1.29 is 9.50 Å². The van der Waals surface area contributed by atoms with Gasteiger partial charge in [0.25, 0.3) is 0 Å². The molecule has 0 saturated carbocycles. The molecule has 0 saturated heterocycles. The Morgan fingerprint density at radius 2 is 1.89 bits per heavy atom. The Kier molecular flexibility index (Phi) is 4.40. The number of hydrogen-bond acceptors (Lipinski definition) is 2. The number of halogens is 2. The Bertz CT molecular complexity index is 557. The molecule has 100 valence electrons. The summed E-state index contributed by atoms with van der Waals surface area (Å²) in [7, 11) is 0. The maximum Gasteiger partial charge on any atom is 0.146 e. The minimum Gasteiger partial charge on any atom is -0.387 e. The fraction of sp³-hybridized carbons (Fsp3) is 0.200. The number of nitrogens with one attached hydrogen (secondary N) is 1. The van der Waals surface area contributed by atoms with Crippen molar-refractivity contribution in [2.24, 2.45) is 0 Å². The Morgan fingerprint density at radius 3 is 2.53 bits per heavy atom. The van der Waals surface area contributed by atoms with Gasteiger partial charge in [-0.25, -0.2) is 4.39 Å². The van der Waals surface area contributed by atoms with E-state index >= 15 is 0 Å². The van der Waals surface area contributed by atoms with Gasteiger partial charge in [0.1, 0.15) is 5.82 Å². The normalized spacial score (nSPS) is 12.2. The summed E-state index contributed by atoms with van der Waals surface area (Å²) < 4.78 is 13.6. The molecular formula is C15H15ClFNO. The summed E-state index contributed by atoms with van der Waals surface area (Å²) in [5.41, 5.74) is 1.99. The van der Waals surface area contributed by atoms with E-state index in [-0.39, 0.29) is 12.4 Å². The summed E-state index contributed by atoms with van der Waals surface area (Å²) in [6, 6.07) is 11.9. The number of benzene rings is 2. The zero-order chi connectivity index (χ0) is 13.8. The molecule has 0 amide bonds. The highest BCUT2D eigenvalue weighted by atomic mass is 35.5. The van der Waals surface area contributed by atoms with Crippen molar-refractivity contribution in [2.75, 3.05) is 11.9 Å². The number of rotatable bonds is 4. The highest BCUT2D eigenvalue weighted by Gasteiger charge is 2.08. The van der Waals surface area contributed by atoms with Crippen LogP contribution in [-0.4, -0.2) is 11.7 Å². The number of hydrogen-bond donors (Lipinski definition) is 2. The molecule has 0 bridgehead atoms. The molecule has 0 aliphatic carbocycles. The predicted octanol–water partition coefficient (Wildman–Crippen LogP) is 3.93. The van der Waals surface area contributed by atoms with Crippen LogP contribution < -0.4 is 5.32 Å². The summed E-state index contributed by atoms with van der Waals surface area (Å²) in [6.07, 6.45) is -0.710. The Hall–Kier alpha value is -1.58. The van der Waals surface area contributed by atoms with Gasteiger partial charge in [0.15, 0.2) is 0 Å². The first-order valence-corrected chi connectivity index (χ1v) is 6.37. The maximum atomic E-state index is 13.6. The molecule has 1 unspecified atom stereocenters. The van der Waals surface area contributed by atoms with Crippen LogP contribution in [0.3, 0.4) is 0 Å². The quantitative estimate of drug-likeness (QED) is 0.889. The zero-order valence-corrected chi connectivity index (χ0v) is 11.3. The monoisotopic (exact) mass is 279 g/mol. The zero-order valence-electron chi connectivity index (χ0n) is 10.5. The second kappa shape index (κ2) is 6.04. The van der Waals surface area contributed by atoms with Gasteiger partial charge in [-0.3, -0.25) is 0 Å². The van der Waals surface area contributed by atoms with Crippen LogP contribution in [0.15, 0.2) is 42.5 Å². The molecule has 0 aliphatic rings. The maximum absolute atomic E-state index is 13.6. The minimum atomic E-state index is -0.710. The molecule has 19 heavy (non-hydrogen) atoms. The van der Waals surface area contributed by atoms with E-state index in [1.165, 1.54) is 6.07 Å². The molecule has 2 nitrogen and oxygen atoms in total. The Morgan fingerprint density at radius 1 is 1.21 bits per heavy atom. The van der Waals surface area contributed by atoms with Crippen LogP contribution in [0, 0.1) is 12.7 Å². The SMILES string of the molecule is Cc1ccc(NCC(O)c2ccc(Cl)cc2)c(F)c1. The highest BCUT2D eigenvalue weighted by Crippen LogP contribution is 2.19. The molecule has 0 aliphatic heterocycles. The molecule has 0 spiro atoms. The molecule has 0 fully saturated rings. The summed E-state index contributed by atoms with van der Waals surface area (Å²) in [5.74, 6) is -0.316. The molecule has 0 radical (unpaired) electrons. The fourth-order valence-electron chi connectivity index (χ4n) is 1.77. The van der Waals surface area contributed by atoms with Gasteiger partial charge in [-0.2, -0.15) is 0 Å². The number of aliphatic hydroxyl groups excluding tert-OH is 1. The lowest BCUT2D eigenvalue weighted by Gasteiger charge is -2.14. The van der Waals surface area contributed by atoms with Gasteiger partial charge in [-0.1, -0.05) is 29.8 Å². The van der Waals surface area contributed by atoms with E-state index in [2.05, 4.69) is 5.32 Å². The average molecular weight is 280 g/mol. The van der Waals surface area contributed by atoms with E-state index in [0.29, 0.717) is 10.7 Å². The van der Waals surface area contributed by atoms with Crippen molar-refractivity contribution in [1.82, 2.24) is 0 Å². The molecule has 4 heteroatoms. The summed E-state index contributed by atoms with van der Waals surface area (Å²) in [5, 5.41) is 13.5. The molecule has 0 aromatic heterocycles. The first-order valence-electron chi connectivity index (χ1n) is 6.00. The second-order valence-electron chi connectivity index (χ2n) is 4.43. The van der Waals surface area contributed by atoms with Crippen LogP contribution in [0.25, 0.3) is 0 Å². The third kappa shape index (κ3) is 3.69. The summed E-state index contributed by atoms with van der Waals surface area (Å²) in [6.45, 7) is 2.07. The van der Waals surface area contributed by atoms with E-state index in [1.807, 2.05) is 13.0 Å². The molecular weight excluding hydrogens is 265 g/mol. The van der Waals surface area contributed by atoms with Crippen molar-refractivity contribution in [3.63, 3.8) is 0 Å². The van der Waals surface area contributed by atoms with Crippen molar-refractivity contribution in [3.8, 4) is 0 Å². The second-order valence-corrected chi connectivity index (χ2v) is 4.87. The third-order valence-corrected chi connectivity index (χ3v) is 3.12. The largest absolute Gasteiger partial charge is 0.387 e. The van der Waals surface area contributed by atoms with Gasteiger partial charge < -0.3 is 10.4 Å². The first kappa shape index (κ1) is 13.8. The van der Waals surface area contributed by atoms with Gasteiger partial charge in [0.05, 0.1) is 11.8 Å². The van der Waals surface area contributed by atoms with Crippen LogP contribution in [-0.2, 0) is 0 Å². The van der Waals surface area contributed by atoms with Gasteiger partial charge in [-0.05, 0) is 42.3 Å². The van der Waals surface area contributed by atoms with E-state index in [0.717, 1.165) is 11.1 Å². The van der Waals surface area contributed by atoms with Crippen LogP contribution >= 0.6 is 11.6 Å². The minimum absolute atomic E-state index is 0.238. The van der Waals surface area contributed by atoms with Crippen molar-refractivity contribution >= 4 is 17.3 Å². The molecule has 2 aromatic rings. The van der Waals surface area contributed by atoms with E-state index in [1.54, 1.807) is 30.3 Å². The van der Waals surface area contributed by atoms with Crippen molar-refractivity contribution in [1.29, 1.82) is 0 Å². The lowest BCUT2D eigenvalue weighted by molar-refractivity contribution is 0.191. The van der Waals surface area contributed by atoms with Gasteiger partial charge in [-0.15, -0.1) is 0 Å². The molecule has 1 atom stereocenters. The average Bonchev–Trinajstić information content (AvgIpc) is 2.38. The van der Waals surface area contributed by atoms with Gasteiger partial charge in [0.2, 0.25) is 0 Å². The topological polar surface area (TPSA) is 32.3 Å². The van der Waals surface area contributed by atoms with Gasteiger partial charge >= 0.3 is 0 Å². The lowest BCUT2D eigenvalue weighted by Crippen LogP contribution is -2.12. The standard InChI is InChI=1S/C15H15ClFNO/c1-10-2-7-14(13(17)8-10)18-9-15(19)11-3-5-12(16)6-4-11/h2-8,15,18-19H,9H2,1H3. The van der Waals surface area contributed by atoms with Crippen LogP contribution in [0.5, 0.6) is 0 Å². The van der Waals surface area contributed by atoms with Crippen LogP contribution in [0.2, 0.25) is 5.02 Å².